The van der Waals surface area contributed by atoms with Crippen molar-refractivity contribution in [2.75, 3.05) is 20.7 Å². The summed E-state index contributed by atoms with van der Waals surface area (Å²) in [5, 5.41) is 17.9. The van der Waals surface area contributed by atoms with Crippen LogP contribution in [0, 0.1) is 23.7 Å². The highest BCUT2D eigenvalue weighted by Crippen LogP contribution is 2.55. The fourth-order valence-corrected chi connectivity index (χ4v) is 13.3. The standard InChI is InChI=1S/C56H69N7O4/c1-34(2)50(61-55(66)67-6)52(64)62-33-35(3)31-56(62,4)54-57-32-47(60-54)42-23-22-38-27-39(20-21-40(38)28-42)41-24-26-45-46(29-41)59-51(58-45)49-30-43-17-12-18-48(43)63(49,5)53(65)44(37-15-8-7-9-16-37)25-19-36-13-10-11-14-36/h7-9,15-16,20-24,26-29,32,34-36,43-44,48-50,53,65H,10-14,17-19,25,30-31,33H2,1-6H3,(H2-,57,58,59,60,61,66)/p+1. The quantitative estimate of drug-likeness (QED) is 0.0852. The van der Waals surface area contributed by atoms with E-state index >= 15 is 0 Å². The number of fused-ring (bicyclic) bond motifs is 3. The van der Waals surface area contributed by atoms with Crippen molar-refractivity contribution in [3.05, 3.63) is 108 Å². The molecule has 4 heterocycles. The largest absolute Gasteiger partial charge is 0.453 e. The van der Waals surface area contributed by atoms with E-state index in [-0.39, 0.29) is 29.7 Å². The summed E-state index contributed by atoms with van der Waals surface area (Å²) in [4.78, 5) is 45.7. The van der Waals surface area contributed by atoms with E-state index in [1.165, 1.54) is 57.6 Å². The van der Waals surface area contributed by atoms with Crippen LogP contribution in [0.1, 0.15) is 127 Å². The van der Waals surface area contributed by atoms with E-state index in [1.807, 2.05) is 24.9 Å². The minimum Gasteiger partial charge on any atom is -0.453 e. The molecule has 4 N–H and O–H groups in total. The molecule has 2 aliphatic carbocycles. The number of alkyl carbamates (subject to hydrolysis) is 1. The number of quaternary nitrogens is 1. The maximum Gasteiger partial charge on any atom is 0.407 e. The molecular formula is C56H70N7O4+. The molecule has 4 aromatic carbocycles. The summed E-state index contributed by atoms with van der Waals surface area (Å²) < 4.78 is 5.49. The number of methoxy groups -OCH3 is 1. The van der Waals surface area contributed by atoms with Gasteiger partial charge in [-0.05, 0) is 115 Å². The van der Waals surface area contributed by atoms with Gasteiger partial charge in [0.2, 0.25) is 5.91 Å². The molecule has 0 bridgehead atoms. The van der Waals surface area contributed by atoms with Gasteiger partial charge in [-0.15, -0.1) is 0 Å². The van der Waals surface area contributed by atoms with Gasteiger partial charge in [-0.25, -0.2) is 14.8 Å². The van der Waals surface area contributed by atoms with Gasteiger partial charge in [0, 0.05) is 24.4 Å². The summed E-state index contributed by atoms with van der Waals surface area (Å²) in [6, 6.07) is 30.4. The van der Waals surface area contributed by atoms with Gasteiger partial charge in [0.15, 0.2) is 18.1 Å². The van der Waals surface area contributed by atoms with Crippen LogP contribution in [0.2, 0.25) is 0 Å². The number of carbonyl (C=O) groups is 2. The van der Waals surface area contributed by atoms with Crippen LogP contribution in [0.4, 0.5) is 4.79 Å². The molecule has 9 unspecified atom stereocenters. The predicted molar refractivity (Wildman–Crippen MR) is 265 cm³/mol. The molecular weight excluding hydrogens is 835 g/mol. The molecule has 9 atom stereocenters. The highest BCUT2D eigenvalue weighted by molar-refractivity contribution is 5.92. The monoisotopic (exact) mass is 905 g/mol. The Hall–Kier alpha value is -5.52. The number of nitrogens with one attached hydrogen (secondary N) is 3. The first kappa shape index (κ1) is 45.3. The Balaban J connectivity index is 0.892. The lowest BCUT2D eigenvalue weighted by Crippen LogP contribution is -2.59. The number of ether oxygens (including phenoxy) is 1. The third kappa shape index (κ3) is 8.34. The van der Waals surface area contributed by atoms with E-state index < -0.39 is 23.9 Å². The van der Waals surface area contributed by atoms with Crippen LogP contribution >= 0.6 is 0 Å². The first-order chi connectivity index (χ1) is 32.3. The third-order valence-corrected chi connectivity index (χ3v) is 16.9. The van der Waals surface area contributed by atoms with Crippen LogP contribution in [0.15, 0.2) is 91.1 Å². The van der Waals surface area contributed by atoms with Gasteiger partial charge in [-0.1, -0.05) is 107 Å². The van der Waals surface area contributed by atoms with Crippen molar-refractivity contribution in [1.29, 1.82) is 0 Å². The summed E-state index contributed by atoms with van der Waals surface area (Å²) in [5.41, 5.74) is 6.75. The molecule has 11 nitrogen and oxygen atoms in total. The number of hydrogen-bond donors (Lipinski definition) is 4. The molecule has 4 aliphatic rings. The number of rotatable bonds is 13. The highest BCUT2D eigenvalue weighted by Gasteiger charge is 2.60. The maximum atomic E-state index is 14.0. The molecule has 67 heavy (non-hydrogen) atoms. The van der Waals surface area contributed by atoms with Gasteiger partial charge >= 0.3 is 6.09 Å². The molecule has 6 aromatic rings. The zero-order chi connectivity index (χ0) is 46.6. The van der Waals surface area contributed by atoms with Gasteiger partial charge in [0.05, 0.1) is 54.6 Å². The lowest BCUT2D eigenvalue weighted by molar-refractivity contribution is -0.993. The van der Waals surface area contributed by atoms with E-state index in [0.29, 0.717) is 23.0 Å². The Kier molecular flexibility index (Phi) is 12.3. The van der Waals surface area contributed by atoms with Crippen LogP contribution < -0.4 is 5.32 Å². The number of likely N-dealkylation sites (tertiary alicyclic amines) is 2. The Bertz CT molecular complexity index is 2740. The van der Waals surface area contributed by atoms with Crippen molar-refractivity contribution < 1.29 is 23.9 Å². The molecule has 0 radical (unpaired) electrons. The number of likely N-dealkylation sites (N-methyl/N-ethyl adjacent to an activating group) is 1. The molecule has 10 rings (SSSR count). The number of aromatic nitrogens is 4. The fourth-order valence-electron chi connectivity index (χ4n) is 13.3. The lowest BCUT2D eigenvalue weighted by Gasteiger charge is -2.46. The van der Waals surface area contributed by atoms with Crippen LogP contribution in [0.3, 0.4) is 0 Å². The van der Waals surface area contributed by atoms with Crippen molar-refractivity contribution >= 4 is 33.8 Å². The van der Waals surface area contributed by atoms with Crippen LogP contribution in [0.5, 0.6) is 0 Å². The number of carbonyl (C=O) groups excluding carboxylic acids is 2. The van der Waals surface area contributed by atoms with Crippen LogP contribution in [-0.4, -0.2) is 85.4 Å². The van der Waals surface area contributed by atoms with Gasteiger partial charge in [-0.3, -0.25) is 9.28 Å². The Morgan fingerprint density at radius 2 is 1.64 bits per heavy atom. The second-order valence-corrected chi connectivity index (χ2v) is 21.6. The molecule has 2 aliphatic heterocycles. The summed E-state index contributed by atoms with van der Waals surface area (Å²) in [5.74, 6) is 3.20. The summed E-state index contributed by atoms with van der Waals surface area (Å²) >= 11 is 0. The predicted octanol–water partition coefficient (Wildman–Crippen LogP) is 11.4. The Morgan fingerprint density at radius 3 is 2.39 bits per heavy atom. The number of aliphatic hydroxyl groups is 1. The summed E-state index contributed by atoms with van der Waals surface area (Å²) in [6.07, 6.45) is 13.7. The van der Waals surface area contributed by atoms with Crippen molar-refractivity contribution in [2.45, 2.75) is 134 Å². The Labute approximate surface area is 395 Å². The second kappa shape index (κ2) is 18.2. The molecule has 2 saturated heterocycles. The third-order valence-electron chi connectivity index (χ3n) is 16.9. The zero-order valence-corrected chi connectivity index (χ0v) is 40.3. The van der Waals surface area contributed by atoms with Gasteiger partial charge in [0.25, 0.3) is 0 Å². The highest BCUT2D eigenvalue weighted by atomic mass is 16.5. The van der Waals surface area contributed by atoms with E-state index in [0.717, 1.165) is 87.4 Å². The Morgan fingerprint density at radius 1 is 0.925 bits per heavy atom. The molecule has 2 amide bonds. The number of benzene rings is 4. The SMILES string of the molecule is COC(=O)NC(C(=O)N1CC(C)CC1(C)c1ncc(-c2ccc3cc(-c4ccc5nc(C6CC7CCCC7[N+]6(C)C(O)C(CCC6CCCC6)c6ccccc6)[nH]c5c4)ccc3c2)[nH]1)C(C)C. The number of amides is 2. The van der Waals surface area contributed by atoms with E-state index in [1.54, 1.807) is 0 Å². The second-order valence-electron chi connectivity index (χ2n) is 21.6. The zero-order valence-electron chi connectivity index (χ0n) is 40.3. The lowest BCUT2D eigenvalue weighted by atomic mass is 9.86. The van der Waals surface area contributed by atoms with E-state index in [9.17, 15) is 14.7 Å². The molecule has 4 fully saturated rings. The summed E-state index contributed by atoms with van der Waals surface area (Å²) in [7, 11) is 3.66. The average molecular weight is 905 g/mol. The summed E-state index contributed by atoms with van der Waals surface area (Å²) in [6.45, 7) is 8.64. The minimum absolute atomic E-state index is 0.0833. The minimum atomic E-state index is -0.711. The molecule has 2 saturated carbocycles. The number of H-pyrrole nitrogens is 2. The van der Waals surface area contributed by atoms with Gasteiger partial charge < -0.3 is 30.0 Å². The number of aromatic amines is 2. The molecule has 11 heteroatoms. The average Bonchev–Trinajstić information content (AvgIpc) is 4.21. The molecule has 352 valence electrons. The number of imidazole rings is 2. The van der Waals surface area contributed by atoms with Crippen molar-refractivity contribution in [1.82, 2.24) is 30.2 Å². The number of aliphatic hydroxyl groups excluding tert-OH is 1. The van der Waals surface area contributed by atoms with E-state index in [4.69, 9.17) is 14.7 Å². The smallest absolute Gasteiger partial charge is 0.407 e. The molecule has 0 spiro atoms. The van der Waals surface area contributed by atoms with E-state index in [2.05, 4.69) is 121 Å². The number of nitrogens with zero attached hydrogens (tertiary/aromatic N) is 4. The fraction of sp³-hybridized carbons (Fsp3) is 0.500. The first-order valence-electron chi connectivity index (χ1n) is 25.2. The number of hydrogen-bond acceptors (Lipinski definition) is 6. The topological polar surface area (TPSA) is 136 Å². The maximum absolute atomic E-state index is 14.0. The van der Waals surface area contributed by atoms with Crippen molar-refractivity contribution in [3.8, 4) is 22.4 Å². The molecule has 2 aromatic heterocycles. The normalized spacial score (nSPS) is 26.7. The van der Waals surface area contributed by atoms with Gasteiger partial charge in [-0.2, -0.15) is 0 Å². The van der Waals surface area contributed by atoms with Crippen LogP contribution in [0.25, 0.3) is 44.2 Å². The first-order valence-corrected chi connectivity index (χ1v) is 25.2. The van der Waals surface area contributed by atoms with Gasteiger partial charge in [0.1, 0.15) is 11.9 Å². The van der Waals surface area contributed by atoms with Crippen molar-refractivity contribution in [3.63, 3.8) is 0 Å². The van der Waals surface area contributed by atoms with Crippen molar-refractivity contribution in [2.24, 2.45) is 23.7 Å². The van der Waals surface area contributed by atoms with Crippen LogP contribution in [-0.2, 0) is 15.1 Å².